The van der Waals surface area contributed by atoms with Gasteiger partial charge in [0.05, 0.1) is 0 Å². The third-order valence-corrected chi connectivity index (χ3v) is 3.04. The van der Waals surface area contributed by atoms with Crippen molar-refractivity contribution >= 4 is 6.08 Å². The van der Waals surface area contributed by atoms with Crippen molar-refractivity contribution in [3.8, 4) is 11.1 Å². The molecule has 0 aliphatic carbocycles. The van der Waals surface area contributed by atoms with E-state index in [4.69, 9.17) is 0 Å². The second-order valence-corrected chi connectivity index (χ2v) is 4.76. The maximum Gasteiger partial charge on any atom is 0.0352 e. The van der Waals surface area contributed by atoms with E-state index in [2.05, 4.69) is 54.6 Å². The van der Waals surface area contributed by atoms with Crippen LogP contribution in [0.4, 0.5) is 0 Å². The minimum Gasteiger partial charge on any atom is -0.316 e. The van der Waals surface area contributed by atoms with Crippen LogP contribution in [-0.4, -0.2) is 12.0 Å². The fraction of sp³-hybridized carbons (Fsp3) is 0.211. The van der Waals surface area contributed by atoms with Crippen LogP contribution in [0.25, 0.3) is 17.2 Å². The predicted octanol–water partition coefficient (Wildman–Crippen LogP) is 4.61. The van der Waals surface area contributed by atoms with Crippen LogP contribution in [0.1, 0.15) is 23.6 Å². The molecular formula is C19H24N2. The van der Waals surface area contributed by atoms with E-state index < -0.39 is 0 Å². The summed E-state index contributed by atoms with van der Waals surface area (Å²) in [6, 6.07) is 8.55. The van der Waals surface area contributed by atoms with Crippen LogP contribution in [0.2, 0.25) is 0 Å². The normalized spacial score (nSPS) is 9.48. The van der Waals surface area contributed by atoms with E-state index in [0.717, 1.165) is 23.2 Å². The quantitative estimate of drug-likeness (QED) is 0.827. The number of aryl methyl sites for hydroxylation is 1. The molecule has 0 atom stereocenters. The first-order valence-corrected chi connectivity index (χ1v) is 7.05. The molecule has 110 valence electrons. The van der Waals surface area contributed by atoms with Crippen LogP contribution >= 0.6 is 0 Å². The number of nitrogens with zero attached hydrogens (tertiary/aromatic N) is 1. The molecule has 1 aromatic heterocycles. The summed E-state index contributed by atoms with van der Waals surface area (Å²) in [5.74, 6) is 0. The average Bonchev–Trinajstić information content (AvgIpc) is 2.49. The molecule has 1 aromatic carbocycles. The van der Waals surface area contributed by atoms with Crippen LogP contribution in [0, 0.1) is 6.92 Å². The first-order valence-electron chi connectivity index (χ1n) is 7.05. The molecule has 0 radical (unpaired) electrons. The van der Waals surface area contributed by atoms with Gasteiger partial charge in [0.15, 0.2) is 0 Å². The second kappa shape index (κ2) is 8.88. The molecular weight excluding hydrogens is 256 g/mol. The third-order valence-electron chi connectivity index (χ3n) is 3.04. The van der Waals surface area contributed by atoms with Crippen LogP contribution in [0.3, 0.4) is 0 Å². The lowest BCUT2D eigenvalue weighted by molar-refractivity contribution is 0.818. The number of allylic oxidation sites excluding steroid dienone is 1. The number of benzene rings is 1. The molecule has 0 saturated carbocycles. The summed E-state index contributed by atoms with van der Waals surface area (Å²) < 4.78 is 0. The topological polar surface area (TPSA) is 24.9 Å². The number of hydrogen-bond donors (Lipinski definition) is 1. The van der Waals surface area contributed by atoms with Gasteiger partial charge < -0.3 is 5.32 Å². The van der Waals surface area contributed by atoms with Gasteiger partial charge in [0.25, 0.3) is 0 Å². The average molecular weight is 280 g/mol. The third kappa shape index (κ3) is 4.69. The zero-order chi connectivity index (χ0) is 15.7. The molecule has 0 aliphatic heterocycles. The smallest absolute Gasteiger partial charge is 0.0352 e. The van der Waals surface area contributed by atoms with E-state index in [9.17, 15) is 0 Å². The van der Waals surface area contributed by atoms with E-state index in [1.54, 1.807) is 6.08 Å². The van der Waals surface area contributed by atoms with Crippen molar-refractivity contribution in [2.75, 3.05) is 7.05 Å². The maximum atomic E-state index is 4.27. The van der Waals surface area contributed by atoms with Gasteiger partial charge in [0.1, 0.15) is 0 Å². The van der Waals surface area contributed by atoms with Gasteiger partial charge in [0.2, 0.25) is 0 Å². The fourth-order valence-electron chi connectivity index (χ4n) is 2.08. The van der Waals surface area contributed by atoms with Crippen molar-refractivity contribution in [3.05, 3.63) is 72.6 Å². The van der Waals surface area contributed by atoms with E-state index in [1.165, 1.54) is 11.1 Å². The summed E-state index contributed by atoms with van der Waals surface area (Å²) >= 11 is 0. The Hall–Kier alpha value is -2.19. The van der Waals surface area contributed by atoms with Crippen LogP contribution < -0.4 is 5.32 Å². The monoisotopic (exact) mass is 280 g/mol. The second-order valence-electron chi connectivity index (χ2n) is 4.76. The molecule has 0 saturated heterocycles. The lowest BCUT2D eigenvalue weighted by Gasteiger charge is -2.09. The largest absolute Gasteiger partial charge is 0.316 e. The lowest BCUT2D eigenvalue weighted by Crippen LogP contribution is -2.04. The van der Waals surface area contributed by atoms with Crippen molar-refractivity contribution in [3.63, 3.8) is 0 Å². The van der Waals surface area contributed by atoms with Crippen molar-refractivity contribution in [1.29, 1.82) is 0 Å². The molecule has 2 aromatic rings. The Morgan fingerprint density at radius 2 is 1.76 bits per heavy atom. The van der Waals surface area contributed by atoms with Crippen molar-refractivity contribution in [2.24, 2.45) is 0 Å². The molecule has 2 nitrogen and oxygen atoms in total. The molecule has 0 spiro atoms. The van der Waals surface area contributed by atoms with Gasteiger partial charge >= 0.3 is 0 Å². The SMILES string of the molecule is C=CC.C=Cc1c(C)cncc1-c1ccc(CNC)cc1. The minimum atomic E-state index is 0.890. The van der Waals surface area contributed by atoms with Crippen LogP contribution in [0.15, 0.2) is 55.9 Å². The molecule has 0 bridgehead atoms. The van der Waals surface area contributed by atoms with Gasteiger partial charge in [-0.1, -0.05) is 43.0 Å². The van der Waals surface area contributed by atoms with E-state index in [-0.39, 0.29) is 0 Å². The van der Waals surface area contributed by atoms with Crippen molar-refractivity contribution in [2.45, 2.75) is 20.4 Å². The first kappa shape index (κ1) is 16.9. The Labute approximate surface area is 128 Å². The highest BCUT2D eigenvalue weighted by Gasteiger charge is 2.05. The molecule has 2 rings (SSSR count). The summed E-state index contributed by atoms with van der Waals surface area (Å²) in [4.78, 5) is 4.27. The number of nitrogens with one attached hydrogen (secondary N) is 1. The van der Waals surface area contributed by atoms with Gasteiger partial charge in [-0.05, 0) is 43.1 Å². The van der Waals surface area contributed by atoms with Crippen molar-refractivity contribution < 1.29 is 0 Å². The molecule has 1 heterocycles. The molecule has 1 N–H and O–H groups in total. The van der Waals surface area contributed by atoms with E-state index in [1.807, 2.05) is 32.4 Å². The summed E-state index contributed by atoms with van der Waals surface area (Å²) in [5.41, 5.74) is 5.91. The molecule has 0 aliphatic rings. The summed E-state index contributed by atoms with van der Waals surface area (Å²) in [5, 5.41) is 3.15. The Morgan fingerprint density at radius 3 is 2.29 bits per heavy atom. The molecule has 0 amide bonds. The maximum absolute atomic E-state index is 4.27. The number of pyridine rings is 1. The zero-order valence-corrected chi connectivity index (χ0v) is 13.2. The Bertz CT molecular complexity index is 583. The van der Waals surface area contributed by atoms with E-state index >= 15 is 0 Å². The van der Waals surface area contributed by atoms with Crippen LogP contribution in [0.5, 0.6) is 0 Å². The zero-order valence-electron chi connectivity index (χ0n) is 13.2. The Balaban J connectivity index is 0.000000677. The van der Waals surface area contributed by atoms with Gasteiger partial charge in [-0.15, -0.1) is 6.58 Å². The highest BCUT2D eigenvalue weighted by Crippen LogP contribution is 2.26. The fourth-order valence-corrected chi connectivity index (χ4v) is 2.08. The summed E-state index contributed by atoms with van der Waals surface area (Å²) in [7, 11) is 1.95. The summed E-state index contributed by atoms with van der Waals surface area (Å²) in [6.45, 7) is 12.1. The number of hydrogen-bond acceptors (Lipinski definition) is 2. The minimum absolute atomic E-state index is 0.890. The Kier molecular flexibility index (Phi) is 7.13. The standard InChI is InChI=1S/C16H18N2.C3H6/c1-4-15-12(2)9-18-11-16(15)14-7-5-13(6-8-14)10-17-3;1-3-2/h4-9,11,17H,1,10H2,2-3H3;3H,1H2,2H3. The molecule has 21 heavy (non-hydrogen) atoms. The highest BCUT2D eigenvalue weighted by atomic mass is 14.8. The van der Waals surface area contributed by atoms with Gasteiger partial charge in [0, 0.05) is 24.5 Å². The van der Waals surface area contributed by atoms with Gasteiger partial charge in [-0.3, -0.25) is 4.98 Å². The van der Waals surface area contributed by atoms with Crippen LogP contribution in [-0.2, 0) is 6.54 Å². The van der Waals surface area contributed by atoms with Gasteiger partial charge in [-0.2, -0.15) is 0 Å². The molecule has 2 heteroatoms. The molecule has 0 unspecified atom stereocenters. The predicted molar refractivity (Wildman–Crippen MR) is 93.1 cm³/mol. The first-order chi connectivity index (χ1) is 10.2. The number of aromatic nitrogens is 1. The van der Waals surface area contributed by atoms with Crippen molar-refractivity contribution in [1.82, 2.24) is 10.3 Å². The number of rotatable bonds is 4. The van der Waals surface area contributed by atoms with E-state index in [0.29, 0.717) is 0 Å². The summed E-state index contributed by atoms with van der Waals surface area (Å²) in [6.07, 6.45) is 7.42. The Morgan fingerprint density at radius 1 is 1.14 bits per heavy atom. The highest BCUT2D eigenvalue weighted by molar-refractivity contribution is 5.75. The lowest BCUT2D eigenvalue weighted by atomic mass is 9.98. The molecule has 0 fully saturated rings. The van der Waals surface area contributed by atoms with Gasteiger partial charge in [-0.25, -0.2) is 0 Å².